The van der Waals surface area contributed by atoms with Crippen LogP contribution in [-0.4, -0.2) is 57.3 Å². The van der Waals surface area contributed by atoms with Crippen molar-refractivity contribution in [2.45, 2.75) is 13.0 Å². The summed E-state index contributed by atoms with van der Waals surface area (Å²) in [7, 11) is 5.39. The number of ether oxygens (including phenoxy) is 2. The summed E-state index contributed by atoms with van der Waals surface area (Å²) in [5.74, 6) is -0.865. The molecule has 0 radical (unpaired) electrons. The average molecular weight is 357 g/mol. The van der Waals surface area contributed by atoms with Crippen molar-refractivity contribution in [1.29, 1.82) is 0 Å². The van der Waals surface area contributed by atoms with E-state index in [9.17, 15) is 9.59 Å². The number of carbonyl (C=O) groups is 2. The minimum atomic E-state index is -0.513. The first-order valence-electron chi connectivity index (χ1n) is 6.93. The molecular weight excluding hydrogens is 338 g/mol. The molecule has 0 fully saturated rings. The zero-order valence-electron chi connectivity index (χ0n) is 13.4. The number of hydrogen-bond donors (Lipinski definition) is 1. The number of nitrogens with one attached hydrogen (secondary N) is 1. The predicted molar refractivity (Wildman–Crippen MR) is 91.6 cm³/mol. The van der Waals surface area contributed by atoms with Crippen LogP contribution < -0.4 is 10.2 Å². The maximum Gasteiger partial charge on any atom is 0.348 e. The summed E-state index contributed by atoms with van der Waals surface area (Å²) in [5.41, 5.74) is 0. The highest BCUT2D eigenvalue weighted by Gasteiger charge is 2.17. The Bertz CT molecular complexity index is 664. The number of aromatic nitrogens is 1. The normalized spacial score (nSPS) is 12.2. The van der Waals surface area contributed by atoms with E-state index in [0.717, 1.165) is 14.7 Å². The van der Waals surface area contributed by atoms with Gasteiger partial charge < -0.3 is 19.7 Å². The van der Waals surface area contributed by atoms with E-state index in [4.69, 9.17) is 9.47 Å². The number of carbonyl (C=O) groups excluding carboxylic acids is 2. The standard InChI is InChI=1S/C14H19N3O4S2/c1-8(6-20-4)15-11(18)7-21-13(19)10-5-9-12(22-10)16-14(23-9)17(2)3/h5,8H,6-7H2,1-4H3,(H,15,18). The Labute approximate surface area is 142 Å². The molecule has 23 heavy (non-hydrogen) atoms. The van der Waals surface area contributed by atoms with E-state index in [1.807, 2.05) is 25.9 Å². The second-order valence-electron chi connectivity index (χ2n) is 5.17. The van der Waals surface area contributed by atoms with E-state index in [1.54, 1.807) is 13.2 Å². The number of anilines is 1. The molecule has 1 unspecified atom stereocenters. The van der Waals surface area contributed by atoms with Gasteiger partial charge >= 0.3 is 5.97 Å². The van der Waals surface area contributed by atoms with E-state index >= 15 is 0 Å². The SMILES string of the molecule is COCC(C)NC(=O)COC(=O)c1cc2sc(N(C)C)nc2s1. The fourth-order valence-electron chi connectivity index (χ4n) is 1.83. The molecular formula is C14H19N3O4S2. The molecule has 1 N–H and O–H groups in total. The summed E-state index contributed by atoms with van der Waals surface area (Å²) in [6.07, 6.45) is 0. The van der Waals surface area contributed by atoms with Gasteiger partial charge in [0.25, 0.3) is 5.91 Å². The van der Waals surface area contributed by atoms with Gasteiger partial charge in [-0.05, 0) is 13.0 Å². The number of methoxy groups -OCH3 is 1. The summed E-state index contributed by atoms with van der Waals surface area (Å²) >= 11 is 2.77. The number of thiophene rings is 1. The van der Waals surface area contributed by atoms with Gasteiger partial charge in [0.1, 0.15) is 9.71 Å². The first-order valence-corrected chi connectivity index (χ1v) is 8.57. The van der Waals surface area contributed by atoms with Crippen molar-refractivity contribution in [3.05, 3.63) is 10.9 Å². The summed E-state index contributed by atoms with van der Waals surface area (Å²) in [6, 6.07) is 1.62. The molecule has 126 valence electrons. The predicted octanol–water partition coefficient (Wildman–Crippen LogP) is 1.73. The molecule has 0 aliphatic rings. The fourth-order valence-corrected chi connectivity index (χ4v) is 3.85. The van der Waals surface area contributed by atoms with E-state index in [2.05, 4.69) is 10.3 Å². The van der Waals surface area contributed by atoms with Crippen molar-refractivity contribution in [1.82, 2.24) is 10.3 Å². The molecule has 0 saturated carbocycles. The number of thiazole rings is 1. The van der Waals surface area contributed by atoms with Crippen LogP contribution >= 0.6 is 22.7 Å². The van der Waals surface area contributed by atoms with Gasteiger partial charge in [-0.25, -0.2) is 9.78 Å². The smallest absolute Gasteiger partial charge is 0.348 e. The highest BCUT2D eigenvalue weighted by Crippen LogP contribution is 2.34. The van der Waals surface area contributed by atoms with Crippen LogP contribution in [0.15, 0.2) is 6.07 Å². The van der Waals surface area contributed by atoms with Crippen LogP contribution in [0.1, 0.15) is 16.6 Å². The maximum absolute atomic E-state index is 12.0. The van der Waals surface area contributed by atoms with Gasteiger partial charge in [-0.2, -0.15) is 0 Å². The summed E-state index contributed by atoms with van der Waals surface area (Å²) in [6.45, 7) is 1.90. The Balaban J connectivity index is 1.90. The van der Waals surface area contributed by atoms with Crippen LogP contribution in [0.2, 0.25) is 0 Å². The van der Waals surface area contributed by atoms with Crippen LogP contribution in [0, 0.1) is 0 Å². The van der Waals surface area contributed by atoms with Crippen LogP contribution in [0.25, 0.3) is 9.53 Å². The Morgan fingerprint density at radius 3 is 2.74 bits per heavy atom. The molecule has 2 rings (SSSR count). The van der Waals surface area contributed by atoms with Crippen LogP contribution in [0.5, 0.6) is 0 Å². The van der Waals surface area contributed by atoms with Crippen molar-refractivity contribution in [2.24, 2.45) is 0 Å². The Kier molecular flexibility index (Phi) is 5.91. The largest absolute Gasteiger partial charge is 0.451 e. The van der Waals surface area contributed by atoms with Crippen molar-refractivity contribution in [3.63, 3.8) is 0 Å². The lowest BCUT2D eigenvalue weighted by Gasteiger charge is -2.12. The number of fused-ring (bicyclic) bond motifs is 1. The molecule has 9 heteroatoms. The van der Waals surface area contributed by atoms with Crippen molar-refractivity contribution in [2.75, 3.05) is 39.3 Å². The second-order valence-corrected chi connectivity index (χ2v) is 7.21. The molecule has 7 nitrogen and oxygen atoms in total. The quantitative estimate of drug-likeness (QED) is 0.760. The maximum atomic E-state index is 12.0. The Morgan fingerprint density at radius 2 is 2.13 bits per heavy atom. The van der Waals surface area contributed by atoms with Gasteiger partial charge in [-0.1, -0.05) is 11.3 Å². The Hall–Kier alpha value is -1.71. The highest BCUT2D eigenvalue weighted by atomic mass is 32.1. The molecule has 2 heterocycles. The average Bonchev–Trinajstić information content (AvgIpc) is 3.03. The molecule has 0 aliphatic carbocycles. The van der Waals surface area contributed by atoms with Gasteiger partial charge in [-0.15, -0.1) is 11.3 Å². The third kappa shape index (κ3) is 4.63. The molecule has 1 amide bonds. The number of amides is 1. The van der Waals surface area contributed by atoms with Gasteiger partial charge in [0.05, 0.1) is 11.3 Å². The lowest BCUT2D eigenvalue weighted by Crippen LogP contribution is -2.38. The monoisotopic (exact) mass is 357 g/mol. The summed E-state index contributed by atoms with van der Waals surface area (Å²) in [4.78, 5) is 31.2. The van der Waals surface area contributed by atoms with E-state index in [-0.39, 0.29) is 18.6 Å². The third-order valence-electron chi connectivity index (χ3n) is 2.82. The highest BCUT2D eigenvalue weighted by molar-refractivity contribution is 7.29. The van der Waals surface area contributed by atoms with Gasteiger partial charge in [0.2, 0.25) is 0 Å². The zero-order chi connectivity index (χ0) is 17.0. The van der Waals surface area contributed by atoms with E-state index in [0.29, 0.717) is 11.5 Å². The van der Waals surface area contributed by atoms with E-state index < -0.39 is 5.97 Å². The molecule has 2 aromatic rings. The van der Waals surface area contributed by atoms with Crippen LogP contribution in [0.4, 0.5) is 5.13 Å². The molecule has 2 aromatic heterocycles. The first-order chi connectivity index (χ1) is 10.9. The van der Waals surface area contributed by atoms with Crippen LogP contribution in [0.3, 0.4) is 0 Å². The van der Waals surface area contributed by atoms with Crippen molar-refractivity contribution in [3.8, 4) is 0 Å². The lowest BCUT2D eigenvalue weighted by molar-refractivity contribution is -0.125. The summed E-state index contributed by atoms with van der Waals surface area (Å²) < 4.78 is 10.9. The lowest BCUT2D eigenvalue weighted by atomic mass is 10.3. The second kappa shape index (κ2) is 7.71. The molecule has 0 saturated heterocycles. The molecule has 0 bridgehead atoms. The molecule has 0 aromatic carbocycles. The fraction of sp³-hybridized carbons (Fsp3) is 0.500. The Morgan fingerprint density at radius 1 is 1.39 bits per heavy atom. The van der Waals surface area contributed by atoms with E-state index in [1.165, 1.54) is 22.7 Å². The van der Waals surface area contributed by atoms with Gasteiger partial charge in [-0.3, -0.25) is 4.79 Å². The van der Waals surface area contributed by atoms with Gasteiger partial charge in [0.15, 0.2) is 11.7 Å². The number of hydrogen-bond acceptors (Lipinski definition) is 8. The minimum Gasteiger partial charge on any atom is -0.451 e. The number of nitrogens with zero attached hydrogens (tertiary/aromatic N) is 2. The number of esters is 1. The zero-order valence-corrected chi connectivity index (χ0v) is 15.0. The molecule has 0 aliphatic heterocycles. The van der Waals surface area contributed by atoms with Crippen molar-refractivity contribution >= 4 is 49.2 Å². The first kappa shape index (κ1) is 17.6. The third-order valence-corrected chi connectivity index (χ3v) is 5.13. The van der Waals surface area contributed by atoms with Crippen molar-refractivity contribution < 1.29 is 19.1 Å². The minimum absolute atomic E-state index is 0.132. The van der Waals surface area contributed by atoms with Gasteiger partial charge in [0, 0.05) is 27.2 Å². The molecule has 1 atom stereocenters. The van der Waals surface area contributed by atoms with Crippen LogP contribution in [-0.2, 0) is 14.3 Å². The molecule has 0 spiro atoms. The topological polar surface area (TPSA) is 80.8 Å². The summed E-state index contributed by atoms with van der Waals surface area (Å²) in [5, 5.41) is 3.56. The number of rotatable bonds is 7.